The summed E-state index contributed by atoms with van der Waals surface area (Å²) in [4.78, 5) is 10.8. The van der Waals surface area contributed by atoms with Gasteiger partial charge in [0.25, 0.3) is 0 Å². The maximum Gasteiger partial charge on any atom is 0.335 e. The van der Waals surface area contributed by atoms with E-state index in [-0.39, 0.29) is 17.9 Å². The van der Waals surface area contributed by atoms with Crippen LogP contribution in [0.4, 0.5) is 0 Å². The number of aliphatic hydroxyl groups is 1. The zero-order chi connectivity index (χ0) is 15.7. The smallest absolute Gasteiger partial charge is 0.335 e. The fraction of sp³-hybridized carbons (Fsp3) is 0.500. The number of nitrogens with zero attached hydrogens (tertiary/aromatic N) is 1. The van der Waals surface area contributed by atoms with Crippen molar-refractivity contribution in [3.05, 3.63) is 35.4 Å². The number of rotatable bonds is 4. The SMILES string of the molecule is CC1(O)CCCN(S(=O)(=O)Cc2ccc(C(=O)O)cc2)C1. The van der Waals surface area contributed by atoms with Gasteiger partial charge in [-0.25, -0.2) is 13.2 Å². The Hall–Kier alpha value is -1.44. The Morgan fingerprint density at radius 1 is 1.33 bits per heavy atom. The highest BCUT2D eigenvalue weighted by atomic mass is 32.2. The number of benzene rings is 1. The summed E-state index contributed by atoms with van der Waals surface area (Å²) in [5.41, 5.74) is -0.333. The third-order valence-electron chi connectivity index (χ3n) is 3.58. The second-order valence-corrected chi connectivity index (χ2v) is 7.66. The van der Waals surface area contributed by atoms with Crippen LogP contribution >= 0.6 is 0 Å². The van der Waals surface area contributed by atoms with E-state index in [2.05, 4.69) is 0 Å². The Morgan fingerprint density at radius 3 is 2.48 bits per heavy atom. The zero-order valence-corrected chi connectivity index (χ0v) is 12.6. The second-order valence-electron chi connectivity index (χ2n) is 5.69. The molecule has 0 aliphatic carbocycles. The van der Waals surface area contributed by atoms with Gasteiger partial charge < -0.3 is 10.2 Å². The Labute approximate surface area is 124 Å². The van der Waals surface area contributed by atoms with Gasteiger partial charge in [-0.3, -0.25) is 0 Å². The molecule has 1 saturated heterocycles. The number of carbonyl (C=O) groups is 1. The monoisotopic (exact) mass is 313 g/mol. The molecule has 21 heavy (non-hydrogen) atoms. The zero-order valence-electron chi connectivity index (χ0n) is 11.8. The third-order valence-corrected chi connectivity index (χ3v) is 5.38. The molecule has 1 fully saturated rings. The standard InChI is InChI=1S/C14H19NO5S/c1-14(18)7-2-8-15(10-14)21(19,20)9-11-3-5-12(6-4-11)13(16)17/h3-6,18H,2,7-10H2,1H3,(H,16,17). The molecular formula is C14H19NO5S. The van der Waals surface area contributed by atoms with Crippen molar-refractivity contribution in [3.8, 4) is 0 Å². The largest absolute Gasteiger partial charge is 0.478 e. The highest BCUT2D eigenvalue weighted by molar-refractivity contribution is 7.88. The van der Waals surface area contributed by atoms with E-state index in [1.165, 1.54) is 28.6 Å². The molecule has 0 saturated carbocycles. The summed E-state index contributed by atoms with van der Waals surface area (Å²) in [5, 5.41) is 18.8. The average Bonchev–Trinajstić information content (AvgIpc) is 2.37. The lowest BCUT2D eigenvalue weighted by atomic mass is 9.97. The molecule has 0 radical (unpaired) electrons. The predicted molar refractivity (Wildman–Crippen MR) is 77.5 cm³/mol. The summed E-state index contributed by atoms with van der Waals surface area (Å²) in [6.07, 6.45) is 1.22. The summed E-state index contributed by atoms with van der Waals surface area (Å²) < 4.78 is 26.0. The van der Waals surface area contributed by atoms with E-state index in [9.17, 15) is 18.3 Å². The number of carboxylic acids is 1. The number of aromatic carboxylic acids is 1. The molecule has 1 heterocycles. The average molecular weight is 313 g/mol. The van der Waals surface area contributed by atoms with Crippen molar-refractivity contribution in [2.75, 3.05) is 13.1 Å². The van der Waals surface area contributed by atoms with Crippen LogP contribution in [0.1, 0.15) is 35.7 Å². The molecule has 2 rings (SSSR count). The fourth-order valence-corrected chi connectivity index (χ4v) is 4.14. The predicted octanol–water partition coefficient (Wildman–Crippen LogP) is 1.06. The summed E-state index contributed by atoms with van der Waals surface area (Å²) in [5.74, 6) is -1.24. The van der Waals surface area contributed by atoms with Gasteiger partial charge in [0.15, 0.2) is 0 Å². The van der Waals surface area contributed by atoms with Crippen LogP contribution in [0, 0.1) is 0 Å². The van der Waals surface area contributed by atoms with Crippen molar-refractivity contribution >= 4 is 16.0 Å². The first-order valence-corrected chi connectivity index (χ1v) is 8.33. The van der Waals surface area contributed by atoms with Crippen molar-refractivity contribution < 1.29 is 23.4 Å². The molecule has 0 spiro atoms. The lowest BCUT2D eigenvalue weighted by Crippen LogP contribution is -2.48. The van der Waals surface area contributed by atoms with E-state index >= 15 is 0 Å². The third kappa shape index (κ3) is 4.03. The molecule has 2 N–H and O–H groups in total. The first-order valence-electron chi connectivity index (χ1n) is 6.72. The molecule has 0 aromatic heterocycles. The van der Waals surface area contributed by atoms with Gasteiger partial charge in [0.1, 0.15) is 0 Å². The van der Waals surface area contributed by atoms with Crippen LogP contribution in [0.25, 0.3) is 0 Å². The van der Waals surface area contributed by atoms with Crippen LogP contribution in [0.5, 0.6) is 0 Å². The number of hydrogen-bond acceptors (Lipinski definition) is 4. The van der Waals surface area contributed by atoms with Crippen molar-refractivity contribution in [3.63, 3.8) is 0 Å². The minimum Gasteiger partial charge on any atom is -0.478 e. The van der Waals surface area contributed by atoms with Crippen LogP contribution in [-0.4, -0.2) is 47.6 Å². The molecule has 1 unspecified atom stereocenters. The topological polar surface area (TPSA) is 94.9 Å². The Bertz CT molecular complexity index is 621. The first-order chi connectivity index (χ1) is 9.70. The van der Waals surface area contributed by atoms with Crippen LogP contribution in [-0.2, 0) is 15.8 Å². The minimum atomic E-state index is -3.51. The first kappa shape index (κ1) is 15.9. The van der Waals surface area contributed by atoms with E-state index in [0.29, 0.717) is 24.9 Å². The lowest BCUT2D eigenvalue weighted by molar-refractivity contribution is 0.00935. The van der Waals surface area contributed by atoms with Gasteiger partial charge in [-0.1, -0.05) is 12.1 Å². The number of β-amino-alcohol motifs (C(OH)–C–C–N with tert-alkyl or cyclic N) is 1. The van der Waals surface area contributed by atoms with Crippen LogP contribution in [0.2, 0.25) is 0 Å². The van der Waals surface area contributed by atoms with Gasteiger partial charge in [-0.2, -0.15) is 4.31 Å². The lowest BCUT2D eigenvalue weighted by Gasteiger charge is -2.36. The van der Waals surface area contributed by atoms with Crippen molar-refractivity contribution in [1.29, 1.82) is 0 Å². The van der Waals surface area contributed by atoms with Gasteiger partial charge in [-0.15, -0.1) is 0 Å². The molecule has 0 amide bonds. The summed E-state index contributed by atoms with van der Waals surface area (Å²) in [6.45, 7) is 2.14. The van der Waals surface area contributed by atoms with Crippen LogP contribution < -0.4 is 0 Å². The van der Waals surface area contributed by atoms with Crippen molar-refractivity contribution in [2.24, 2.45) is 0 Å². The Morgan fingerprint density at radius 2 is 1.95 bits per heavy atom. The number of piperidine rings is 1. The maximum atomic E-state index is 12.4. The molecule has 7 heteroatoms. The van der Waals surface area contributed by atoms with Gasteiger partial charge in [0.2, 0.25) is 10.0 Å². The highest BCUT2D eigenvalue weighted by Gasteiger charge is 2.34. The van der Waals surface area contributed by atoms with Crippen molar-refractivity contribution in [2.45, 2.75) is 31.1 Å². The molecule has 1 atom stereocenters. The van der Waals surface area contributed by atoms with E-state index in [4.69, 9.17) is 5.11 Å². The molecule has 1 aliphatic heterocycles. The highest BCUT2D eigenvalue weighted by Crippen LogP contribution is 2.24. The number of carboxylic acid groups (broad SMARTS) is 1. The van der Waals surface area contributed by atoms with Crippen LogP contribution in [0.15, 0.2) is 24.3 Å². The van der Waals surface area contributed by atoms with E-state index in [1.54, 1.807) is 6.92 Å². The molecule has 1 aromatic rings. The Kier molecular flexibility index (Phi) is 4.36. The molecule has 1 aliphatic rings. The maximum absolute atomic E-state index is 12.4. The number of hydrogen-bond donors (Lipinski definition) is 2. The molecular weight excluding hydrogens is 294 g/mol. The van der Waals surface area contributed by atoms with E-state index < -0.39 is 21.6 Å². The van der Waals surface area contributed by atoms with E-state index in [0.717, 1.165) is 0 Å². The van der Waals surface area contributed by atoms with Gasteiger partial charge in [0.05, 0.1) is 16.9 Å². The second kappa shape index (κ2) is 5.75. The Balaban J connectivity index is 2.12. The summed E-state index contributed by atoms with van der Waals surface area (Å²) in [7, 11) is -3.51. The molecule has 0 bridgehead atoms. The molecule has 1 aromatic carbocycles. The number of sulfonamides is 1. The van der Waals surface area contributed by atoms with Gasteiger partial charge >= 0.3 is 5.97 Å². The quantitative estimate of drug-likeness (QED) is 0.866. The van der Waals surface area contributed by atoms with Crippen LogP contribution in [0.3, 0.4) is 0 Å². The summed E-state index contributed by atoms with van der Waals surface area (Å²) >= 11 is 0. The normalized spacial score (nSPS) is 23.9. The fourth-order valence-electron chi connectivity index (χ4n) is 2.46. The molecule has 116 valence electrons. The van der Waals surface area contributed by atoms with Crippen molar-refractivity contribution in [1.82, 2.24) is 4.31 Å². The van der Waals surface area contributed by atoms with Gasteiger partial charge in [-0.05, 0) is 37.5 Å². The summed E-state index contributed by atoms with van der Waals surface area (Å²) in [6, 6.07) is 5.78. The molecule has 6 nitrogen and oxygen atoms in total. The minimum absolute atomic E-state index is 0.0997. The van der Waals surface area contributed by atoms with E-state index in [1.807, 2.05) is 0 Å². The van der Waals surface area contributed by atoms with Gasteiger partial charge in [0, 0.05) is 13.1 Å².